The molecular weight excluding hydrogens is 256 g/mol. The summed E-state index contributed by atoms with van der Waals surface area (Å²) in [5, 5.41) is 5.12. The molecule has 17 heavy (non-hydrogen) atoms. The molecule has 1 aromatic carbocycles. The van der Waals surface area contributed by atoms with Crippen molar-refractivity contribution in [2.45, 2.75) is 6.92 Å². The van der Waals surface area contributed by atoms with Crippen LogP contribution in [0, 0.1) is 0 Å². The largest absolute Gasteiger partial charge is 0.374 e. The molecule has 0 aliphatic heterocycles. The molecule has 0 radical (unpaired) electrons. The summed E-state index contributed by atoms with van der Waals surface area (Å²) < 4.78 is 27.0. The lowest BCUT2D eigenvalue weighted by Gasteiger charge is -2.03. The summed E-state index contributed by atoms with van der Waals surface area (Å²) in [5.74, 6) is 0.355. The quantitative estimate of drug-likeness (QED) is 0.904. The van der Waals surface area contributed by atoms with Crippen molar-refractivity contribution in [1.82, 2.24) is 4.37 Å². The van der Waals surface area contributed by atoms with Gasteiger partial charge in [-0.15, -0.1) is 0 Å². The third kappa shape index (κ3) is 2.95. The van der Waals surface area contributed by atoms with Crippen molar-refractivity contribution in [1.29, 1.82) is 0 Å². The van der Waals surface area contributed by atoms with Gasteiger partial charge in [0.05, 0.1) is 11.3 Å². The van der Waals surface area contributed by atoms with E-state index in [2.05, 4.69) is 9.69 Å². The van der Waals surface area contributed by atoms with E-state index in [0.717, 1.165) is 15.9 Å². The lowest BCUT2D eigenvalue weighted by atomic mass is 10.2. The molecule has 1 heterocycles. The van der Waals surface area contributed by atoms with Gasteiger partial charge in [0, 0.05) is 17.7 Å². The second-order valence-corrected chi connectivity index (χ2v) is 6.94. The first-order valence-corrected chi connectivity index (χ1v) is 8.00. The fourth-order valence-electron chi connectivity index (χ4n) is 1.48. The highest BCUT2D eigenvalue weighted by atomic mass is 32.2. The van der Waals surface area contributed by atoms with Gasteiger partial charge in [-0.1, -0.05) is 19.1 Å². The fourth-order valence-corrected chi connectivity index (χ4v) is 2.97. The Hall–Kier alpha value is -1.14. The van der Waals surface area contributed by atoms with Crippen LogP contribution in [-0.4, -0.2) is 30.8 Å². The molecule has 2 aromatic rings. The van der Waals surface area contributed by atoms with Crippen molar-refractivity contribution >= 4 is 37.3 Å². The Labute approximate surface area is 105 Å². The number of aromatic nitrogens is 1. The molecule has 92 valence electrons. The molecule has 0 saturated carbocycles. The van der Waals surface area contributed by atoms with Gasteiger partial charge < -0.3 is 5.32 Å². The summed E-state index contributed by atoms with van der Waals surface area (Å²) >= 11 is 1.37. The molecule has 0 bridgehead atoms. The van der Waals surface area contributed by atoms with Gasteiger partial charge in [0.2, 0.25) is 0 Å². The minimum atomic E-state index is -2.90. The number of nitrogens with one attached hydrogen (secondary N) is 1. The molecule has 4 nitrogen and oxygen atoms in total. The summed E-state index contributed by atoms with van der Waals surface area (Å²) in [6, 6.07) is 7.81. The Morgan fingerprint density at radius 1 is 1.35 bits per heavy atom. The second kappa shape index (κ2) is 5.01. The average Bonchev–Trinajstić information content (AvgIpc) is 2.73. The van der Waals surface area contributed by atoms with Crippen LogP contribution in [0.2, 0.25) is 0 Å². The summed E-state index contributed by atoms with van der Waals surface area (Å²) in [5.41, 5.74) is 0.943. The smallest absolute Gasteiger partial charge is 0.151 e. The molecule has 2 rings (SSSR count). The molecule has 0 aliphatic carbocycles. The van der Waals surface area contributed by atoms with Crippen LogP contribution in [0.15, 0.2) is 24.3 Å². The van der Waals surface area contributed by atoms with E-state index >= 15 is 0 Å². The first kappa shape index (κ1) is 12.3. The number of rotatable bonds is 5. The number of hydrogen-bond donors (Lipinski definition) is 1. The molecule has 0 saturated heterocycles. The molecule has 0 amide bonds. The Morgan fingerprint density at radius 2 is 2.12 bits per heavy atom. The number of benzene rings is 1. The summed E-state index contributed by atoms with van der Waals surface area (Å²) in [4.78, 5) is 0. The van der Waals surface area contributed by atoms with E-state index in [4.69, 9.17) is 0 Å². The Balaban J connectivity index is 2.05. The zero-order chi connectivity index (χ0) is 12.3. The predicted octanol–water partition coefficient (Wildman–Crippen LogP) is 2.14. The lowest BCUT2D eigenvalue weighted by Crippen LogP contribution is -2.16. The van der Waals surface area contributed by atoms with Crippen LogP contribution in [0.5, 0.6) is 0 Å². The van der Waals surface area contributed by atoms with Gasteiger partial charge in [0.15, 0.2) is 9.84 Å². The number of sulfone groups is 1. The number of hydrogen-bond acceptors (Lipinski definition) is 5. The minimum Gasteiger partial charge on any atom is -0.374 e. The first-order valence-electron chi connectivity index (χ1n) is 5.41. The standard InChI is InChI=1S/C11H14N2O2S2/c1-2-17(14,15)8-7-12-11-9-5-3-4-6-10(9)13-16-11/h3-6,12H,2,7-8H2,1H3. The highest BCUT2D eigenvalue weighted by Crippen LogP contribution is 2.26. The van der Waals surface area contributed by atoms with E-state index in [-0.39, 0.29) is 11.5 Å². The molecule has 1 N–H and O–H groups in total. The SMILES string of the molecule is CCS(=O)(=O)CCNc1snc2ccccc12. The molecule has 0 unspecified atom stereocenters. The first-order chi connectivity index (χ1) is 8.12. The Morgan fingerprint density at radius 3 is 2.88 bits per heavy atom. The van der Waals surface area contributed by atoms with E-state index in [1.165, 1.54) is 11.5 Å². The maximum atomic E-state index is 11.3. The molecular formula is C11H14N2O2S2. The molecule has 6 heteroatoms. The van der Waals surface area contributed by atoms with Gasteiger partial charge in [-0.05, 0) is 23.7 Å². The van der Waals surface area contributed by atoms with Crippen molar-refractivity contribution in [3.8, 4) is 0 Å². The van der Waals surface area contributed by atoms with Crippen LogP contribution < -0.4 is 5.32 Å². The van der Waals surface area contributed by atoms with Crippen molar-refractivity contribution in [3.05, 3.63) is 24.3 Å². The molecule has 0 aliphatic rings. The number of nitrogens with zero attached hydrogens (tertiary/aromatic N) is 1. The van der Waals surface area contributed by atoms with Crippen LogP contribution in [-0.2, 0) is 9.84 Å². The maximum absolute atomic E-state index is 11.3. The van der Waals surface area contributed by atoms with Crippen molar-refractivity contribution < 1.29 is 8.42 Å². The molecule has 0 spiro atoms. The molecule has 0 fully saturated rings. The van der Waals surface area contributed by atoms with Gasteiger partial charge in [0.1, 0.15) is 5.00 Å². The van der Waals surface area contributed by atoms with E-state index in [0.29, 0.717) is 6.54 Å². The zero-order valence-electron chi connectivity index (χ0n) is 9.51. The van der Waals surface area contributed by atoms with Crippen LogP contribution in [0.4, 0.5) is 5.00 Å². The third-order valence-corrected chi connectivity index (χ3v) is 5.06. The van der Waals surface area contributed by atoms with E-state index in [9.17, 15) is 8.42 Å². The van der Waals surface area contributed by atoms with Gasteiger partial charge in [-0.2, -0.15) is 4.37 Å². The second-order valence-electron chi connectivity index (χ2n) is 3.69. The third-order valence-electron chi connectivity index (χ3n) is 2.52. The maximum Gasteiger partial charge on any atom is 0.151 e. The van der Waals surface area contributed by atoms with Crippen LogP contribution in [0.3, 0.4) is 0 Å². The lowest BCUT2D eigenvalue weighted by molar-refractivity contribution is 0.597. The molecule has 0 atom stereocenters. The van der Waals surface area contributed by atoms with Crippen LogP contribution in [0.25, 0.3) is 10.9 Å². The predicted molar refractivity (Wildman–Crippen MR) is 72.4 cm³/mol. The Bertz CT molecular complexity index is 605. The fraction of sp³-hybridized carbons (Fsp3) is 0.364. The van der Waals surface area contributed by atoms with Gasteiger partial charge in [0.25, 0.3) is 0 Å². The summed E-state index contributed by atoms with van der Waals surface area (Å²) in [6.07, 6.45) is 0. The van der Waals surface area contributed by atoms with Gasteiger partial charge in [-0.25, -0.2) is 8.42 Å². The zero-order valence-corrected chi connectivity index (χ0v) is 11.1. The van der Waals surface area contributed by atoms with Crippen molar-refractivity contribution in [3.63, 3.8) is 0 Å². The summed E-state index contributed by atoms with van der Waals surface area (Å²) in [6.45, 7) is 2.10. The highest BCUT2D eigenvalue weighted by molar-refractivity contribution is 7.91. The van der Waals surface area contributed by atoms with Crippen LogP contribution in [0.1, 0.15) is 6.92 Å². The van der Waals surface area contributed by atoms with Crippen molar-refractivity contribution in [2.75, 3.05) is 23.4 Å². The Kier molecular flexibility index (Phi) is 3.63. The minimum absolute atomic E-state index is 0.162. The van der Waals surface area contributed by atoms with Crippen LogP contribution >= 0.6 is 11.5 Å². The van der Waals surface area contributed by atoms with E-state index < -0.39 is 9.84 Å². The van der Waals surface area contributed by atoms with Crippen molar-refractivity contribution in [2.24, 2.45) is 0 Å². The summed E-state index contributed by atoms with van der Waals surface area (Å²) in [7, 11) is -2.90. The topological polar surface area (TPSA) is 59.1 Å². The monoisotopic (exact) mass is 270 g/mol. The van der Waals surface area contributed by atoms with E-state index in [1.54, 1.807) is 6.92 Å². The molecule has 1 aromatic heterocycles. The average molecular weight is 270 g/mol. The van der Waals surface area contributed by atoms with E-state index in [1.807, 2.05) is 24.3 Å². The highest BCUT2D eigenvalue weighted by Gasteiger charge is 2.08. The van der Waals surface area contributed by atoms with Gasteiger partial charge in [-0.3, -0.25) is 0 Å². The number of anilines is 1. The number of fused-ring (bicyclic) bond motifs is 1. The normalized spacial score (nSPS) is 11.8. The van der Waals surface area contributed by atoms with Gasteiger partial charge >= 0.3 is 0 Å².